The van der Waals surface area contributed by atoms with Crippen molar-refractivity contribution < 1.29 is 14.3 Å². The summed E-state index contributed by atoms with van der Waals surface area (Å²) >= 11 is 0. The lowest BCUT2D eigenvalue weighted by Crippen LogP contribution is -2.54. The van der Waals surface area contributed by atoms with Crippen molar-refractivity contribution in [2.45, 2.75) is 70.3 Å². The number of nitrogens with one attached hydrogen (secondary N) is 1. The van der Waals surface area contributed by atoms with Crippen molar-refractivity contribution in [1.82, 2.24) is 10.2 Å². The third kappa shape index (κ3) is 5.31. The van der Waals surface area contributed by atoms with E-state index in [1.165, 1.54) is 5.56 Å². The first-order chi connectivity index (χ1) is 13.0. The molecule has 2 atom stereocenters. The molecular weight excluding hydrogens is 340 g/mol. The maximum Gasteiger partial charge on any atom is 0.248 e. The molecule has 1 aromatic carbocycles. The van der Waals surface area contributed by atoms with Crippen LogP contribution in [0.2, 0.25) is 0 Å². The number of ether oxygens (including phenoxy) is 2. The third-order valence-corrected chi connectivity index (χ3v) is 5.74. The molecule has 5 heteroatoms. The molecule has 150 valence electrons. The minimum absolute atomic E-state index is 0.0827. The lowest BCUT2D eigenvalue weighted by Gasteiger charge is -2.49. The molecule has 1 aromatic rings. The average molecular weight is 375 g/mol. The van der Waals surface area contributed by atoms with Crippen LogP contribution in [0.15, 0.2) is 30.3 Å². The second kappa shape index (κ2) is 9.18. The maximum atomic E-state index is 12.4. The Balaban J connectivity index is 1.65. The molecule has 27 heavy (non-hydrogen) atoms. The number of piperidine rings is 1. The number of hydrogen-bond acceptors (Lipinski definition) is 4. The van der Waals surface area contributed by atoms with E-state index in [0.29, 0.717) is 6.04 Å². The number of hydrogen-bond donors (Lipinski definition) is 1. The minimum atomic E-state index is -0.138. The second-order valence-corrected chi connectivity index (χ2v) is 8.14. The number of carbonyl (C=O) groups is 1. The topological polar surface area (TPSA) is 50.8 Å². The first kappa shape index (κ1) is 20.3. The molecule has 2 aliphatic heterocycles. The number of benzene rings is 1. The van der Waals surface area contributed by atoms with Gasteiger partial charge in [0.2, 0.25) is 5.91 Å². The number of rotatable bonds is 6. The van der Waals surface area contributed by atoms with E-state index in [-0.39, 0.29) is 30.3 Å². The van der Waals surface area contributed by atoms with E-state index in [1.807, 2.05) is 24.8 Å². The minimum Gasteiger partial charge on any atom is -0.369 e. The fourth-order valence-electron chi connectivity index (χ4n) is 4.32. The van der Waals surface area contributed by atoms with Crippen LogP contribution in [-0.4, -0.2) is 54.8 Å². The SMILES string of the molecule is CCN[C@H]1C[C@@H](c2ccccc2)OC2(CCN(C(=O)COC(C)C)CC2)C1. The van der Waals surface area contributed by atoms with Crippen LogP contribution in [0.1, 0.15) is 58.1 Å². The van der Waals surface area contributed by atoms with Gasteiger partial charge in [-0.3, -0.25) is 4.79 Å². The van der Waals surface area contributed by atoms with Gasteiger partial charge < -0.3 is 19.7 Å². The highest BCUT2D eigenvalue weighted by Gasteiger charge is 2.44. The Kier molecular flexibility index (Phi) is 6.90. The molecule has 2 fully saturated rings. The van der Waals surface area contributed by atoms with E-state index in [9.17, 15) is 4.79 Å². The van der Waals surface area contributed by atoms with E-state index in [4.69, 9.17) is 9.47 Å². The second-order valence-electron chi connectivity index (χ2n) is 8.14. The average Bonchev–Trinajstić information content (AvgIpc) is 2.67. The summed E-state index contributed by atoms with van der Waals surface area (Å²) < 4.78 is 12.2. The largest absolute Gasteiger partial charge is 0.369 e. The molecule has 3 rings (SSSR count). The Labute approximate surface area is 163 Å². The van der Waals surface area contributed by atoms with E-state index in [2.05, 4.69) is 36.5 Å². The lowest BCUT2D eigenvalue weighted by molar-refractivity contribution is -0.170. The van der Waals surface area contributed by atoms with Crippen molar-refractivity contribution >= 4 is 5.91 Å². The predicted molar refractivity (Wildman–Crippen MR) is 107 cm³/mol. The van der Waals surface area contributed by atoms with Gasteiger partial charge >= 0.3 is 0 Å². The van der Waals surface area contributed by atoms with Crippen LogP contribution < -0.4 is 5.32 Å². The first-order valence-corrected chi connectivity index (χ1v) is 10.4. The number of amides is 1. The van der Waals surface area contributed by atoms with Crippen molar-refractivity contribution in [1.29, 1.82) is 0 Å². The van der Waals surface area contributed by atoms with Crippen LogP contribution in [0.4, 0.5) is 0 Å². The van der Waals surface area contributed by atoms with Gasteiger partial charge in [-0.25, -0.2) is 0 Å². The van der Waals surface area contributed by atoms with Crippen LogP contribution in [0, 0.1) is 0 Å². The fourth-order valence-corrected chi connectivity index (χ4v) is 4.32. The summed E-state index contributed by atoms with van der Waals surface area (Å²) in [6, 6.07) is 11.0. The monoisotopic (exact) mass is 374 g/mol. The molecule has 0 aromatic heterocycles. The smallest absolute Gasteiger partial charge is 0.248 e. The molecule has 1 spiro atoms. The summed E-state index contributed by atoms with van der Waals surface area (Å²) in [6.07, 6.45) is 4.02. The van der Waals surface area contributed by atoms with Crippen LogP contribution in [0.5, 0.6) is 0 Å². The van der Waals surface area contributed by atoms with E-state index < -0.39 is 0 Å². The zero-order valence-corrected chi connectivity index (χ0v) is 16.9. The molecule has 0 radical (unpaired) electrons. The number of likely N-dealkylation sites (tertiary alicyclic amines) is 1. The third-order valence-electron chi connectivity index (χ3n) is 5.74. The number of carbonyl (C=O) groups excluding carboxylic acids is 1. The Bertz CT molecular complexity index is 597. The normalized spacial score (nSPS) is 25.1. The van der Waals surface area contributed by atoms with E-state index >= 15 is 0 Å². The Morgan fingerprint density at radius 3 is 2.63 bits per heavy atom. The molecular formula is C22H34N2O3. The van der Waals surface area contributed by atoms with Gasteiger partial charge in [-0.05, 0) is 51.6 Å². The predicted octanol–water partition coefficient (Wildman–Crippen LogP) is 3.30. The van der Waals surface area contributed by atoms with Gasteiger partial charge in [0.25, 0.3) is 0 Å². The summed E-state index contributed by atoms with van der Waals surface area (Å²) in [5.41, 5.74) is 1.12. The molecule has 2 saturated heterocycles. The summed E-state index contributed by atoms with van der Waals surface area (Å²) in [4.78, 5) is 14.3. The molecule has 0 unspecified atom stereocenters. The number of nitrogens with zero attached hydrogens (tertiary/aromatic N) is 1. The highest BCUT2D eigenvalue weighted by molar-refractivity contribution is 5.77. The maximum absolute atomic E-state index is 12.4. The molecule has 2 aliphatic rings. The fraction of sp³-hybridized carbons (Fsp3) is 0.682. The van der Waals surface area contributed by atoms with Crippen molar-refractivity contribution in [3.05, 3.63) is 35.9 Å². The zero-order chi connectivity index (χ0) is 19.3. The molecule has 2 heterocycles. The van der Waals surface area contributed by atoms with Gasteiger partial charge in [-0.1, -0.05) is 37.3 Å². The van der Waals surface area contributed by atoms with Crippen LogP contribution in [0.3, 0.4) is 0 Å². The van der Waals surface area contributed by atoms with Crippen molar-refractivity contribution in [2.24, 2.45) is 0 Å². The van der Waals surface area contributed by atoms with Crippen molar-refractivity contribution in [2.75, 3.05) is 26.2 Å². The van der Waals surface area contributed by atoms with Gasteiger partial charge in [0.05, 0.1) is 17.8 Å². The standard InChI is InChI=1S/C22H34N2O3/c1-4-23-19-14-20(18-8-6-5-7-9-18)27-22(15-19)10-12-24(13-11-22)21(25)16-26-17(2)3/h5-9,17,19-20,23H,4,10-16H2,1-3H3/t19-,20-/m0/s1. The van der Waals surface area contributed by atoms with Gasteiger partial charge in [-0.2, -0.15) is 0 Å². The van der Waals surface area contributed by atoms with Crippen molar-refractivity contribution in [3.8, 4) is 0 Å². The molecule has 1 N–H and O–H groups in total. The van der Waals surface area contributed by atoms with E-state index in [0.717, 1.165) is 45.3 Å². The van der Waals surface area contributed by atoms with E-state index in [1.54, 1.807) is 0 Å². The highest BCUT2D eigenvalue weighted by Crippen LogP contribution is 2.42. The first-order valence-electron chi connectivity index (χ1n) is 10.4. The van der Waals surface area contributed by atoms with Gasteiger partial charge in [0.15, 0.2) is 0 Å². The van der Waals surface area contributed by atoms with Crippen LogP contribution in [-0.2, 0) is 14.3 Å². The Hall–Kier alpha value is -1.43. The molecule has 0 bridgehead atoms. The summed E-state index contributed by atoms with van der Waals surface area (Å²) in [5, 5.41) is 3.64. The summed E-state index contributed by atoms with van der Waals surface area (Å²) in [5.74, 6) is 0.0946. The zero-order valence-electron chi connectivity index (χ0n) is 16.9. The Morgan fingerprint density at radius 1 is 1.30 bits per heavy atom. The molecule has 0 aliphatic carbocycles. The highest BCUT2D eigenvalue weighted by atomic mass is 16.5. The Morgan fingerprint density at radius 2 is 2.00 bits per heavy atom. The summed E-state index contributed by atoms with van der Waals surface area (Å²) in [6.45, 7) is 8.73. The van der Waals surface area contributed by atoms with Gasteiger partial charge in [-0.15, -0.1) is 0 Å². The van der Waals surface area contributed by atoms with Crippen LogP contribution in [0.25, 0.3) is 0 Å². The van der Waals surface area contributed by atoms with Crippen LogP contribution >= 0.6 is 0 Å². The van der Waals surface area contributed by atoms with Gasteiger partial charge in [0, 0.05) is 19.1 Å². The lowest BCUT2D eigenvalue weighted by atomic mass is 9.79. The molecule has 1 amide bonds. The quantitative estimate of drug-likeness (QED) is 0.830. The summed E-state index contributed by atoms with van der Waals surface area (Å²) in [7, 11) is 0. The molecule has 5 nitrogen and oxygen atoms in total. The van der Waals surface area contributed by atoms with Gasteiger partial charge in [0.1, 0.15) is 6.61 Å². The van der Waals surface area contributed by atoms with Crippen molar-refractivity contribution in [3.63, 3.8) is 0 Å². The molecule has 0 saturated carbocycles.